The minimum absolute atomic E-state index is 0.314. The van der Waals surface area contributed by atoms with Crippen LogP contribution >= 0.6 is 27.3 Å². The summed E-state index contributed by atoms with van der Waals surface area (Å²) in [5, 5.41) is 12.1. The summed E-state index contributed by atoms with van der Waals surface area (Å²) in [6.45, 7) is 1.72. The number of anilines is 2. The number of nitrogens with one attached hydrogen (secondary N) is 1. The van der Waals surface area contributed by atoms with E-state index in [0.29, 0.717) is 27.0 Å². The maximum Gasteiger partial charge on any atom is 0.267 e. The summed E-state index contributed by atoms with van der Waals surface area (Å²) in [6.07, 6.45) is 0. The van der Waals surface area contributed by atoms with Gasteiger partial charge in [0, 0.05) is 4.47 Å². The number of nitriles is 1. The van der Waals surface area contributed by atoms with Gasteiger partial charge in [-0.05, 0) is 25.1 Å². The van der Waals surface area contributed by atoms with Crippen molar-refractivity contribution in [2.75, 3.05) is 11.1 Å². The van der Waals surface area contributed by atoms with Gasteiger partial charge in [-0.15, -0.1) is 0 Å². The van der Waals surface area contributed by atoms with E-state index in [1.807, 2.05) is 6.07 Å². The third-order valence-corrected chi connectivity index (χ3v) is 3.85. The second-order valence-electron chi connectivity index (χ2n) is 3.72. The van der Waals surface area contributed by atoms with Crippen LogP contribution in [0.3, 0.4) is 0 Å². The molecule has 0 unspecified atom stereocenters. The van der Waals surface area contributed by atoms with Crippen LogP contribution in [0, 0.1) is 18.3 Å². The molecule has 1 heterocycles. The summed E-state index contributed by atoms with van der Waals surface area (Å²) in [5.41, 5.74) is 6.98. The number of hydrogen-bond acceptors (Lipinski definition) is 5. The van der Waals surface area contributed by atoms with Crippen molar-refractivity contribution in [3.05, 3.63) is 38.8 Å². The van der Waals surface area contributed by atoms with Gasteiger partial charge in [-0.3, -0.25) is 4.79 Å². The molecule has 0 atom stereocenters. The first-order valence-corrected chi connectivity index (χ1v) is 6.86. The molecule has 7 heteroatoms. The van der Waals surface area contributed by atoms with Crippen LogP contribution in [-0.2, 0) is 0 Å². The van der Waals surface area contributed by atoms with E-state index < -0.39 is 0 Å². The molecule has 19 heavy (non-hydrogen) atoms. The molecular formula is C12H9BrN4OS. The number of nitrogens with zero attached hydrogens (tertiary/aromatic N) is 2. The minimum atomic E-state index is -0.314. The van der Waals surface area contributed by atoms with Crippen LogP contribution in [0.15, 0.2) is 22.7 Å². The molecule has 1 amide bonds. The lowest BCUT2D eigenvalue weighted by atomic mass is 10.2. The fourth-order valence-corrected chi connectivity index (χ4v) is 2.61. The number of carbonyl (C=O) groups is 1. The quantitative estimate of drug-likeness (QED) is 0.881. The Labute approximate surface area is 122 Å². The van der Waals surface area contributed by atoms with Crippen LogP contribution in [0.5, 0.6) is 0 Å². The molecule has 2 rings (SSSR count). The van der Waals surface area contributed by atoms with E-state index >= 15 is 0 Å². The van der Waals surface area contributed by atoms with Gasteiger partial charge in [0.25, 0.3) is 5.91 Å². The average molecular weight is 337 g/mol. The van der Waals surface area contributed by atoms with Crippen molar-refractivity contribution in [1.82, 2.24) is 4.98 Å². The Balaban J connectivity index is 2.29. The number of aromatic nitrogens is 1. The number of thiazole rings is 1. The first kappa shape index (κ1) is 13.5. The van der Waals surface area contributed by atoms with Gasteiger partial charge in [0.05, 0.1) is 16.9 Å². The summed E-state index contributed by atoms with van der Waals surface area (Å²) in [4.78, 5) is 16.5. The van der Waals surface area contributed by atoms with Gasteiger partial charge in [-0.2, -0.15) is 5.26 Å². The molecule has 96 valence electrons. The lowest BCUT2D eigenvalue weighted by Crippen LogP contribution is -2.12. The lowest BCUT2D eigenvalue weighted by Gasteiger charge is -2.06. The molecule has 0 fully saturated rings. The number of aryl methyl sites for hydroxylation is 1. The summed E-state index contributed by atoms with van der Waals surface area (Å²) >= 11 is 4.40. The van der Waals surface area contributed by atoms with Crippen molar-refractivity contribution in [2.45, 2.75) is 6.92 Å². The molecule has 5 nitrogen and oxygen atoms in total. The Morgan fingerprint density at radius 1 is 1.58 bits per heavy atom. The lowest BCUT2D eigenvalue weighted by molar-refractivity contribution is 0.103. The number of halogens is 1. The van der Waals surface area contributed by atoms with E-state index in [2.05, 4.69) is 26.2 Å². The van der Waals surface area contributed by atoms with Gasteiger partial charge in [-0.25, -0.2) is 4.98 Å². The second kappa shape index (κ2) is 5.38. The van der Waals surface area contributed by atoms with E-state index in [0.717, 1.165) is 15.8 Å². The highest BCUT2D eigenvalue weighted by Crippen LogP contribution is 2.24. The Kier molecular flexibility index (Phi) is 3.83. The van der Waals surface area contributed by atoms with Crippen LogP contribution in [0.2, 0.25) is 0 Å². The van der Waals surface area contributed by atoms with Gasteiger partial charge in [0.2, 0.25) is 0 Å². The first-order chi connectivity index (χ1) is 9.01. The highest BCUT2D eigenvalue weighted by molar-refractivity contribution is 9.10. The van der Waals surface area contributed by atoms with E-state index in [1.165, 1.54) is 0 Å². The summed E-state index contributed by atoms with van der Waals surface area (Å²) in [5.74, 6) is -0.314. The van der Waals surface area contributed by atoms with Crippen LogP contribution in [0.4, 0.5) is 10.8 Å². The third-order valence-electron chi connectivity index (χ3n) is 2.37. The predicted octanol–water partition coefficient (Wildman–Crippen LogP) is 2.92. The van der Waals surface area contributed by atoms with E-state index in [-0.39, 0.29) is 5.91 Å². The topological polar surface area (TPSA) is 91.8 Å². The van der Waals surface area contributed by atoms with Crippen molar-refractivity contribution in [1.29, 1.82) is 5.26 Å². The normalized spacial score (nSPS) is 9.95. The fourth-order valence-electron chi connectivity index (χ4n) is 1.53. The third kappa shape index (κ3) is 2.92. The Hall–Kier alpha value is -1.91. The number of nitrogen functional groups attached to an aromatic ring is 1. The zero-order valence-corrected chi connectivity index (χ0v) is 12.3. The summed E-state index contributed by atoms with van der Waals surface area (Å²) in [7, 11) is 0. The van der Waals surface area contributed by atoms with Crippen LogP contribution in [0.1, 0.15) is 20.9 Å². The number of benzene rings is 1. The zero-order chi connectivity index (χ0) is 14.0. The summed E-state index contributed by atoms with van der Waals surface area (Å²) in [6, 6.07) is 7.10. The van der Waals surface area contributed by atoms with Gasteiger partial charge in [-0.1, -0.05) is 27.3 Å². The predicted molar refractivity (Wildman–Crippen MR) is 78.1 cm³/mol. The molecule has 0 aliphatic carbocycles. The number of amides is 1. The molecule has 2 aromatic rings. The number of rotatable bonds is 2. The number of hydrogen-bond donors (Lipinski definition) is 2. The van der Waals surface area contributed by atoms with Gasteiger partial charge < -0.3 is 11.1 Å². The van der Waals surface area contributed by atoms with Gasteiger partial charge >= 0.3 is 0 Å². The van der Waals surface area contributed by atoms with Crippen molar-refractivity contribution >= 4 is 44.0 Å². The van der Waals surface area contributed by atoms with Gasteiger partial charge in [0.1, 0.15) is 10.9 Å². The molecule has 0 radical (unpaired) electrons. The standard InChI is InChI=1S/C12H9BrN4OS/c1-6-10(19-12(15)16-6)11(18)17-9-3-2-8(13)4-7(9)5-14/h2-4H,1H3,(H2,15,16)(H,17,18). The van der Waals surface area contributed by atoms with Crippen molar-refractivity contribution in [2.24, 2.45) is 0 Å². The molecule has 1 aromatic carbocycles. The maximum atomic E-state index is 12.1. The molecule has 0 aliphatic rings. The monoisotopic (exact) mass is 336 g/mol. The van der Waals surface area contributed by atoms with Crippen LogP contribution in [-0.4, -0.2) is 10.9 Å². The molecule has 0 bridgehead atoms. The van der Waals surface area contributed by atoms with E-state index in [9.17, 15) is 4.79 Å². The fraction of sp³-hybridized carbons (Fsp3) is 0.0833. The van der Waals surface area contributed by atoms with Crippen molar-refractivity contribution in [3.8, 4) is 6.07 Å². The minimum Gasteiger partial charge on any atom is -0.375 e. The molecule has 0 spiro atoms. The Morgan fingerprint density at radius 2 is 2.32 bits per heavy atom. The van der Waals surface area contributed by atoms with E-state index in [4.69, 9.17) is 11.0 Å². The SMILES string of the molecule is Cc1nc(N)sc1C(=O)Nc1ccc(Br)cc1C#N. The Bertz CT molecular complexity index is 690. The first-order valence-electron chi connectivity index (χ1n) is 5.25. The average Bonchev–Trinajstić information content (AvgIpc) is 2.70. The molecule has 0 aliphatic heterocycles. The number of carbonyl (C=O) groups excluding carboxylic acids is 1. The molecule has 0 saturated heterocycles. The summed E-state index contributed by atoms with van der Waals surface area (Å²) < 4.78 is 0.778. The smallest absolute Gasteiger partial charge is 0.267 e. The van der Waals surface area contributed by atoms with Crippen molar-refractivity contribution < 1.29 is 4.79 Å². The zero-order valence-electron chi connectivity index (χ0n) is 9.90. The highest BCUT2D eigenvalue weighted by Gasteiger charge is 2.15. The van der Waals surface area contributed by atoms with Crippen LogP contribution in [0.25, 0.3) is 0 Å². The largest absolute Gasteiger partial charge is 0.375 e. The maximum absolute atomic E-state index is 12.1. The highest BCUT2D eigenvalue weighted by atomic mass is 79.9. The van der Waals surface area contributed by atoms with Crippen molar-refractivity contribution in [3.63, 3.8) is 0 Å². The molecule has 1 aromatic heterocycles. The Morgan fingerprint density at radius 3 is 2.89 bits per heavy atom. The van der Waals surface area contributed by atoms with E-state index in [1.54, 1.807) is 25.1 Å². The molecular weight excluding hydrogens is 328 g/mol. The van der Waals surface area contributed by atoms with Gasteiger partial charge in [0.15, 0.2) is 5.13 Å². The molecule has 0 saturated carbocycles. The second-order valence-corrected chi connectivity index (χ2v) is 5.67. The molecule has 3 N–H and O–H groups in total. The van der Waals surface area contributed by atoms with Crippen LogP contribution < -0.4 is 11.1 Å². The number of nitrogens with two attached hydrogens (primary N) is 1.